The zero-order chi connectivity index (χ0) is 9.14. The third kappa shape index (κ3) is 2.22. The predicted octanol–water partition coefficient (Wildman–Crippen LogP) is 2.80. The normalized spacial score (nSPS) is 31.8. The van der Waals surface area contributed by atoms with Gasteiger partial charge in [0, 0.05) is 6.04 Å². The molecule has 12 heavy (non-hydrogen) atoms. The van der Waals surface area contributed by atoms with Gasteiger partial charge in [0.2, 0.25) is 0 Å². The van der Waals surface area contributed by atoms with Crippen LogP contribution >= 0.6 is 0 Å². The first-order valence-corrected chi connectivity index (χ1v) is 5.40. The number of hydrogen-bond acceptors (Lipinski definition) is 1. The standard InChI is InChI=1S/C11H23N/c1-4-5-11(12)10-6-9(7-10)8(2)3/h8-11H,4-7,12H2,1-3H3. The van der Waals surface area contributed by atoms with E-state index in [0.717, 1.165) is 17.8 Å². The van der Waals surface area contributed by atoms with Crippen LogP contribution < -0.4 is 5.73 Å². The molecule has 1 fully saturated rings. The summed E-state index contributed by atoms with van der Waals surface area (Å²) in [5.74, 6) is 2.69. The summed E-state index contributed by atoms with van der Waals surface area (Å²) < 4.78 is 0. The summed E-state index contributed by atoms with van der Waals surface area (Å²) in [5.41, 5.74) is 6.05. The van der Waals surface area contributed by atoms with Crippen molar-refractivity contribution in [1.82, 2.24) is 0 Å². The first-order valence-electron chi connectivity index (χ1n) is 5.40. The molecule has 1 aliphatic rings. The Labute approximate surface area is 76.7 Å². The molecule has 72 valence electrons. The van der Waals surface area contributed by atoms with Crippen LogP contribution in [0.1, 0.15) is 46.5 Å². The molecule has 2 N–H and O–H groups in total. The van der Waals surface area contributed by atoms with E-state index in [-0.39, 0.29) is 0 Å². The van der Waals surface area contributed by atoms with Crippen molar-refractivity contribution in [2.75, 3.05) is 0 Å². The maximum Gasteiger partial charge on any atom is 0.00672 e. The highest BCUT2D eigenvalue weighted by Gasteiger charge is 2.34. The molecule has 0 amide bonds. The second kappa shape index (κ2) is 4.27. The molecule has 0 bridgehead atoms. The third-order valence-corrected chi connectivity index (χ3v) is 3.38. The van der Waals surface area contributed by atoms with E-state index in [9.17, 15) is 0 Å². The first kappa shape index (κ1) is 10.0. The second-order valence-electron chi connectivity index (χ2n) is 4.69. The largest absolute Gasteiger partial charge is 0.327 e. The van der Waals surface area contributed by atoms with Crippen molar-refractivity contribution < 1.29 is 0 Å². The lowest BCUT2D eigenvalue weighted by atomic mass is 9.66. The van der Waals surface area contributed by atoms with Crippen LogP contribution in [-0.4, -0.2) is 6.04 Å². The van der Waals surface area contributed by atoms with Gasteiger partial charge >= 0.3 is 0 Å². The Hall–Kier alpha value is -0.0400. The number of nitrogens with two attached hydrogens (primary N) is 1. The molecule has 1 aliphatic carbocycles. The van der Waals surface area contributed by atoms with Crippen LogP contribution in [-0.2, 0) is 0 Å². The lowest BCUT2D eigenvalue weighted by molar-refractivity contribution is 0.115. The van der Waals surface area contributed by atoms with Crippen LogP contribution in [0.4, 0.5) is 0 Å². The minimum absolute atomic E-state index is 0.491. The van der Waals surface area contributed by atoms with Crippen molar-refractivity contribution in [3.63, 3.8) is 0 Å². The van der Waals surface area contributed by atoms with Gasteiger partial charge in [-0.15, -0.1) is 0 Å². The van der Waals surface area contributed by atoms with E-state index in [1.807, 2.05) is 0 Å². The molecule has 0 aliphatic heterocycles. The fraction of sp³-hybridized carbons (Fsp3) is 1.00. The molecule has 1 atom stereocenters. The Balaban J connectivity index is 2.16. The lowest BCUT2D eigenvalue weighted by Crippen LogP contribution is -2.40. The van der Waals surface area contributed by atoms with Gasteiger partial charge in [0.25, 0.3) is 0 Å². The van der Waals surface area contributed by atoms with E-state index >= 15 is 0 Å². The zero-order valence-electron chi connectivity index (χ0n) is 8.72. The van der Waals surface area contributed by atoms with Crippen molar-refractivity contribution in [2.45, 2.75) is 52.5 Å². The monoisotopic (exact) mass is 169 g/mol. The summed E-state index contributed by atoms with van der Waals surface area (Å²) in [5, 5.41) is 0. The quantitative estimate of drug-likeness (QED) is 0.688. The third-order valence-electron chi connectivity index (χ3n) is 3.38. The van der Waals surface area contributed by atoms with Gasteiger partial charge < -0.3 is 5.73 Å². The van der Waals surface area contributed by atoms with Crippen molar-refractivity contribution in [1.29, 1.82) is 0 Å². The SMILES string of the molecule is CCCC(N)C1CC(C(C)C)C1. The van der Waals surface area contributed by atoms with Crippen LogP contribution in [0.2, 0.25) is 0 Å². The Morgan fingerprint density at radius 3 is 2.25 bits per heavy atom. The molecule has 0 heterocycles. The van der Waals surface area contributed by atoms with E-state index in [0.29, 0.717) is 6.04 Å². The molecular weight excluding hydrogens is 146 g/mol. The van der Waals surface area contributed by atoms with Crippen LogP contribution in [0.25, 0.3) is 0 Å². The van der Waals surface area contributed by atoms with Gasteiger partial charge in [0.15, 0.2) is 0 Å². The van der Waals surface area contributed by atoms with Crippen LogP contribution in [0, 0.1) is 17.8 Å². The van der Waals surface area contributed by atoms with E-state index in [4.69, 9.17) is 5.73 Å². The highest BCUT2D eigenvalue weighted by molar-refractivity contribution is 4.87. The van der Waals surface area contributed by atoms with Gasteiger partial charge in [-0.25, -0.2) is 0 Å². The lowest BCUT2D eigenvalue weighted by Gasteiger charge is -2.41. The first-order chi connectivity index (χ1) is 5.65. The van der Waals surface area contributed by atoms with Gasteiger partial charge in [0.1, 0.15) is 0 Å². The molecular formula is C11H23N. The highest BCUT2D eigenvalue weighted by atomic mass is 14.7. The number of rotatable bonds is 4. The van der Waals surface area contributed by atoms with E-state index < -0.39 is 0 Å². The van der Waals surface area contributed by atoms with Crippen molar-refractivity contribution >= 4 is 0 Å². The fourth-order valence-corrected chi connectivity index (χ4v) is 2.17. The smallest absolute Gasteiger partial charge is 0.00672 e. The Morgan fingerprint density at radius 2 is 1.83 bits per heavy atom. The summed E-state index contributed by atoms with van der Waals surface area (Å²) >= 11 is 0. The van der Waals surface area contributed by atoms with E-state index in [1.165, 1.54) is 25.7 Å². The van der Waals surface area contributed by atoms with Crippen molar-refractivity contribution in [3.8, 4) is 0 Å². The van der Waals surface area contributed by atoms with Gasteiger partial charge in [0.05, 0.1) is 0 Å². The molecule has 1 nitrogen and oxygen atoms in total. The summed E-state index contributed by atoms with van der Waals surface area (Å²) in [6, 6.07) is 0.491. The summed E-state index contributed by atoms with van der Waals surface area (Å²) in [7, 11) is 0. The van der Waals surface area contributed by atoms with Crippen LogP contribution in [0.3, 0.4) is 0 Å². The molecule has 1 saturated carbocycles. The minimum atomic E-state index is 0.491. The summed E-state index contributed by atoms with van der Waals surface area (Å²) in [4.78, 5) is 0. The van der Waals surface area contributed by atoms with Gasteiger partial charge in [-0.3, -0.25) is 0 Å². The summed E-state index contributed by atoms with van der Waals surface area (Å²) in [6.07, 6.45) is 5.23. The highest BCUT2D eigenvalue weighted by Crippen LogP contribution is 2.40. The molecule has 0 aromatic heterocycles. The second-order valence-corrected chi connectivity index (χ2v) is 4.69. The molecule has 0 aromatic rings. The maximum atomic E-state index is 6.05. The average Bonchev–Trinajstić information content (AvgIpc) is 1.82. The Bertz CT molecular complexity index is 125. The van der Waals surface area contributed by atoms with Gasteiger partial charge in [-0.2, -0.15) is 0 Å². The van der Waals surface area contributed by atoms with Crippen molar-refractivity contribution in [3.05, 3.63) is 0 Å². The Kier molecular flexibility index (Phi) is 3.57. The van der Waals surface area contributed by atoms with E-state index in [2.05, 4.69) is 20.8 Å². The van der Waals surface area contributed by atoms with Gasteiger partial charge in [-0.1, -0.05) is 27.2 Å². The number of hydrogen-bond donors (Lipinski definition) is 1. The Morgan fingerprint density at radius 1 is 1.25 bits per heavy atom. The average molecular weight is 169 g/mol. The van der Waals surface area contributed by atoms with Gasteiger partial charge in [-0.05, 0) is 37.0 Å². The maximum absolute atomic E-state index is 6.05. The van der Waals surface area contributed by atoms with Crippen LogP contribution in [0.5, 0.6) is 0 Å². The van der Waals surface area contributed by atoms with Crippen LogP contribution in [0.15, 0.2) is 0 Å². The molecule has 1 rings (SSSR count). The molecule has 1 unspecified atom stereocenters. The fourth-order valence-electron chi connectivity index (χ4n) is 2.17. The van der Waals surface area contributed by atoms with Crippen molar-refractivity contribution in [2.24, 2.45) is 23.5 Å². The zero-order valence-corrected chi connectivity index (χ0v) is 8.72. The molecule has 0 spiro atoms. The molecule has 0 radical (unpaired) electrons. The summed E-state index contributed by atoms with van der Waals surface area (Å²) in [6.45, 7) is 6.87. The topological polar surface area (TPSA) is 26.0 Å². The molecule has 1 heteroatoms. The molecule has 0 aromatic carbocycles. The van der Waals surface area contributed by atoms with E-state index in [1.54, 1.807) is 0 Å². The molecule has 0 saturated heterocycles. The predicted molar refractivity (Wildman–Crippen MR) is 53.9 cm³/mol. The minimum Gasteiger partial charge on any atom is -0.327 e.